The highest BCUT2D eigenvalue weighted by Gasteiger charge is 2.35. The Morgan fingerprint density at radius 2 is 1.70 bits per heavy atom. The summed E-state index contributed by atoms with van der Waals surface area (Å²) in [5.41, 5.74) is 0.785. The molecule has 2 heterocycles. The molecule has 0 atom stereocenters. The SMILES string of the molecule is Cc1ccc(-c2cc(C(F)(F)F)n3nc(C(=O)Nc4ccc(Cl)cc4)cc3n2)cc1. The standard InChI is InChI=1S/C21H14ClF3N4O/c1-12-2-4-13(5-3-12)16-10-18(21(23,24)25)29-19(27-16)11-17(28-29)20(30)26-15-8-6-14(22)7-9-15/h2-11H,1H3,(H,26,30). The number of amides is 1. The van der Waals surface area contributed by atoms with Gasteiger partial charge in [-0.2, -0.15) is 18.3 Å². The van der Waals surface area contributed by atoms with Gasteiger partial charge < -0.3 is 5.32 Å². The predicted molar refractivity (Wildman–Crippen MR) is 108 cm³/mol. The average molecular weight is 431 g/mol. The number of aryl methyl sites for hydroxylation is 1. The maximum Gasteiger partial charge on any atom is 0.433 e. The first kappa shape index (κ1) is 19.9. The van der Waals surface area contributed by atoms with Crippen molar-refractivity contribution in [3.05, 3.63) is 82.6 Å². The number of fused-ring (bicyclic) bond motifs is 1. The first-order valence-corrected chi connectivity index (χ1v) is 9.20. The summed E-state index contributed by atoms with van der Waals surface area (Å²) in [7, 11) is 0. The maximum atomic E-state index is 13.7. The van der Waals surface area contributed by atoms with Crippen LogP contribution in [-0.2, 0) is 6.18 Å². The van der Waals surface area contributed by atoms with Gasteiger partial charge in [0.25, 0.3) is 5.91 Å². The van der Waals surface area contributed by atoms with Gasteiger partial charge in [0.15, 0.2) is 17.0 Å². The van der Waals surface area contributed by atoms with E-state index in [0.717, 1.165) is 11.6 Å². The van der Waals surface area contributed by atoms with Crippen LogP contribution in [-0.4, -0.2) is 20.5 Å². The maximum absolute atomic E-state index is 13.7. The molecule has 1 amide bonds. The van der Waals surface area contributed by atoms with Gasteiger partial charge in [-0.15, -0.1) is 0 Å². The van der Waals surface area contributed by atoms with Gasteiger partial charge in [-0.3, -0.25) is 4.79 Å². The number of carbonyl (C=O) groups is 1. The molecule has 4 aromatic rings. The van der Waals surface area contributed by atoms with Crippen molar-refractivity contribution in [1.29, 1.82) is 0 Å². The molecule has 0 saturated heterocycles. The van der Waals surface area contributed by atoms with E-state index in [9.17, 15) is 18.0 Å². The van der Waals surface area contributed by atoms with Crippen molar-refractivity contribution in [3.63, 3.8) is 0 Å². The summed E-state index contributed by atoms with van der Waals surface area (Å²) >= 11 is 5.81. The lowest BCUT2D eigenvalue weighted by Crippen LogP contribution is -2.15. The molecule has 9 heteroatoms. The van der Waals surface area contributed by atoms with Gasteiger partial charge in [-0.25, -0.2) is 9.50 Å². The van der Waals surface area contributed by atoms with Gasteiger partial charge in [0.2, 0.25) is 0 Å². The molecule has 0 aliphatic heterocycles. The molecule has 30 heavy (non-hydrogen) atoms. The molecule has 0 bridgehead atoms. The highest BCUT2D eigenvalue weighted by atomic mass is 35.5. The van der Waals surface area contributed by atoms with E-state index in [1.165, 1.54) is 6.07 Å². The van der Waals surface area contributed by atoms with E-state index in [4.69, 9.17) is 11.6 Å². The van der Waals surface area contributed by atoms with Crippen molar-refractivity contribution >= 4 is 28.8 Å². The van der Waals surface area contributed by atoms with Gasteiger partial charge in [0.05, 0.1) is 5.69 Å². The van der Waals surface area contributed by atoms with Crippen LogP contribution in [0.2, 0.25) is 5.02 Å². The summed E-state index contributed by atoms with van der Waals surface area (Å²) in [5, 5.41) is 6.90. The summed E-state index contributed by atoms with van der Waals surface area (Å²) in [6, 6.07) is 15.4. The van der Waals surface area contributed by atoms with Crippen LogP contribution in [0.1, 0.15) is 21.7 Å². The van der Waals surface area contributed by atoms with Crippen LogP contribution in [0, 0.1) is 6.92 Å². The van der Waals surface area contributed by atoms with E-state index in [-0.39, 0.29) is 17.0 Å². The number of anilines is 1. The van der Waals surface area contributed by atoms with Crippen molar-refractivity contribution in [2.45, 2.75) is 13.1 Å². The first-order chi connectivity index (χ1) is 14.2. The summed E-state index contributed by atoms with van der Waals surface area (Å²) in [4.78, 5) is 16.8. The third-order valence-electron chi connectivity index (χ3n) is 4.40. The fraction of sp³-hybridized carbons (Fsp3) is 0.0952. The Hall–Kier alpha value is -3.39. The Morgan fingerprint density at radius 1 is 1.03 bits per heavy atom. The normalized spacial score (nSPS) is 11.6. The second kappa shape index (κ2) is 7.46. The molecule has 0 aliphatic carbocycles. The Balaban J connectivity index is 1.77. The highest BCUT2D eigenvalue weighted by molar-refractivity contribution is 6.30. The monoisotopic (exact) mass is 430 g/mol. The third kappa shape index (κ3) is 3.99. The first-order valence-electron chi connectivity index (χ1n) is 8.83. The Kier molecular flexibility index (Phi) is 4.95. The average Bonchev–Trinajstić information content (AvgIpc) is 3.13. The van der Waals surface area contributed by atoms with Crippen LogP contribution in [0.3, 0.4) is 0 Å². The minimum atomic E-state index is -4.68. The molecule has 152 valence electrons. The Labute approximate surface area is 174 Å². The molecule has 1 N–H and O–H groups in total. The number of rotatable bonds is 3. The van der Waals surface area contributed by atoms with Crippen LogP contribution >= 0.6 is 11.6 Å². The zero-order chi connectivity index (χ0) is 21.5. The molecule has 0 spiro atoms. The van der Waals surface area contributed by atoms with Gasteiger partial charge >= 0.3 is 6.18 Å². The van der Waals surface area contributed by atoms with Gasteiger partial charge in [-0.1, -0.05) is 41.4 Å². The summed E-state index contributed by atoms with van der Waals surface area (Å²) in [5.74, 6) is -0.659. The van der Waals surface area contributed by atoms with Crippen LogP contribution in [0.15, 0.2) is 60.7 Å². The van der Waals surface area contributed by atoms with E-state index >= 15 is 0 Å². The van der Waals surface area contributed by atoms with Crippen molar-refractivity contribution in [2.75, 3.05) is 5.32 Å². The molecule has 2 aromatic carbocycles. The number of alkyl halides is 3. The number of carbonyl (C=O) groups excluding carboxylic acids is 1. The summed E-state index contributed by atoms with van der Waals surface area (Å²) in [6.07, 6.45) is -4.68. The zero-order valence-electron chi connectivity index (χ0n) is 15.5. The zero-order valence-corrected chi connectivity index (χ0v) is 16.3. The van der Waals surface area contributed by atoms with Gasteiger partial charge in [-0.05, 0) is 37.3 Å². The van der Waals surface area contributed by atoms with Gasteiger partial charge in [0, 0.05) is 22.3 Å². The molecule has 0 radical (unpaired) electrons. The fourth-order valence-electron chi connectivity index (χ4n) is 2.89. The van der Waals surface area contributed by atoms with Gasteiger partial charge in [0.1, 0.15) is 0 Å². The lowest BCUT2D eigenvalue weighted by atomic mass is 10.1. The number of aromatic nitrogens is 3. The van der Waals surface area contributed by atoms with E-state index in [2.05, 4.69) is 15.4 Å². The third-order valence-corrected chi connectivity index (χ3v) is 4.65. The number of nitrogens with zero attached hydrogens (tertiary/aromatic N) is 3. The van der Waals surface area contributed by atoms with Crippen LogP contribution in [0.25, 0.3) is 16.9 Å². The second-order valence-electron chi connectivity index (χ2n) is 6.65. The Bertz CT molecular complexity index is 1230. The molecule has 0 fully saturated rings. The fourth-order valence-corrected chi connectivity index (χ4v) is 3.01. The predicted octanol–water partition coefficient (Wildman–Crippen LogP) is 5.63. The smallest absolute Gasteiger partial charge is 0.321 e. The second-order valence-corrected chi connectivity index (χ2v) is 7.09. The molecule has 0 aliphatic rings. The summed E-state index contributed by atoms with van der Waals surface area (Å²) < 4.78 is 41.6. The number of halogens is 4. The quantitative estimate of drug-likeness (QED) is 0.458. The molecule has 4 rings (SSSR count). The van der Waals surface area contributed by atoms with Crippen LogP contribution in [0.4, 0.5) is 18.9 Å². The van der Waals surface area contributed by atoms with Crippen molar-refractivity contribution in [1.82, 2.24) is 14.6 Å². The lowest BCUT2D eigenvalue weighted by Gasteiger charge is -2.11. The van der Waals surface area contributed by atoms with Crippen molar-refractivity contribution < 1.29 is 18.0 Å². The van der Waals surface area contributed by atoms with E-state index in [1.807, 2.05) is 6.92 Å². The molecular formula is C21H14ClF3N4O. The number of hydrogen-bond donors (Lipinski definition) is 1. The molecule has 5 nitrogen and oxygen atoms in total. The highest BCUT2D eigenvalue weighted by Crippen LogP contribution is 2.32. The van der Waals surface area contributed by atoms with E-state index in [1.54, 1.807) is 48.5 Å². The summed E-state index contributed by atoms with van der Waals surface area (Å²) in [6.45, 7) is 1.88. The van der Waals surface area contributed by atoms with Crippen LogP contribution < -0.4 is 5.32 Å². The number of nitrogens with one attached hydrogen (secondary N) is 1. The lowest BCUT2D eigenvalue weighted by molar-refractivity contribution is -0.142. The van der Waals surface area contributed by atoms with Crippen molar-refractivity contribution in [3.8, 4) is 11.3 Å². The minimum absolute atomic E-state index is 0.0818. The van der Waals surface area contributed by atoms with Crippen LogP contribution in [0.5, 0.6) is 0 Å². The largest absolute Gasteiger partial charge is 0.433 e. The molecular weight excluding hydrogens is 417 g/mol. The molecule has 0 saturated carbocycles. The topological polar surface area (TPSA) is 59.3 Å². The Morgan fingerprint density at radius 3 is 2.33 bits per heavy atom. The molecule has 0 unspecified atom stereocenters. The molecule has 2 aromatic heterocycles. The van der Waals surface area contributed by atoms with Crippen molar-refractivity contribution in [2.24, 2.45) is 0 Å². The number of hydrogen-bond acceptors (Lipinski definition) is 3. The minimum Gasteiger partial charge on any atom is -0.321 e. The van der Waals surface area contributed by atoms with E-state index < -0.39 is 17.8 Å². The number of benzene rings is 2. The van der Waals surface area contributed by atoms with E-state index in [0.29, 0.717) is 20.8 Å².